The molecule has 0 saturated heterocycles. The zero-order chi connectivity index (χ0) is 35.9. The Morgan fingerprint density at radius 3 is 1.55 bits per heavy atom. The average molecular weight is 682 g/mol. The molecule has 256 valence electrons. The molecule has 0 unspecified atom stereocenters. The van der Waals surface area contributed by atoms with Crippen LogP contribution in [-0.4, -0.2) is 0 Å². The van der Waals surface area contributed by atoms with E-state index in [0.717, 1.165) is 12.8 Å². The predicted octanol–water partition coefficient (Wildman–Crippen LogP) is 14.3. The molecule has 0 N–H and O–H groups in total. The van der Waals surface area contributed by atoms with Gasteiger partial charge >= 0.3 is 0 Å². The highest BCUT2D eigenvalue weighted by atomic mass is 15.1. The molecule has 0 atom stereocenters. The highest BCUT2D eigenvalue weighted by Gasteiger charge is 2.38. The number of para-hydroxylation sites is 1. The standard InChI is InChI=1S/C52H43N/c1-51(2)45-25-11-8-20-39(45)41-30-28-36(32-47(41)51)53(37-29-31-42-40-21-9-12-26-46(40)52(3,4)48(42)33-37)49-27-13-10-22-43(49)44-24-15-19-35-18-14-23-38(50(35)44)34-16-6-5-7-17-34/h5-6,8-16,18-33H,7,17H2,1-4H3. The van der Waals surface area contributed by atoms with Gasteiger partial charge in [0.05, 0.1) is 5.69 Å². The topological polar surface area (TPSA) is 3.24 Å². The lowest BCUT2D eigenvalue weighted by Crippen LogP contribution is -2.18. The highest BCUT2D eigenvalue weighted by molar-refractivity contribution is 6.07. The first kappa shape index (κ1) is 31.8. The largest absolute Gasteiger partial charge is 0.310 e. The van der Waals surface area contributed by atoms with Gasteiger partial charge in [-0.25, -0.2) is 0 Å². The van der Waals surface area contributed by atoms with Crippen LogP contribution in [-0.2, 0) is 10.8 Å². The molecular weight excluding hydrogens is 639 g/mol. The van der Waals surface area contributed by atoms with E-state index in [9.17, 15) is 0 Å². The second-order valence-electron chi connectivity index (χ2n) is 16.0. The second kappa shape index (κ2) is 11.8. The smallest absolute Gasteiger partial charge is 0.0540 e. The van der Waals surface area contributed by atoms with Gasteiger partial charge < -0.3 is 4.90 Å². The van der Waals surface area contributed by atoms with Gasteiger partial charge in [-0.15, -0.1) is 0 Å². The Hall–Kier alpha value is -5.92. The van der Waals surface area contributed by atoms with Gasteiger partial charge in [-0.3, -0.25) is 0 Å². The van der Waals surface area contributed by atoms with Gasteiger partial charge in [0.2, 0.25) is 0 Å². The number of benzene rings is 7. The van der Waals surface area contributed by atoms with Crippen molar-refractivity contribution in [2.45, 2.75) is 51.4 Å². The summed E-state index contributed by atoms with van der Waals surface area (Å²) in [6.07, 6.45) is 8.93. The van der Waals surface area contributed by atoms with Gasteiger partial charge in [0.15, 0.2) is 0 Å². The Kier molecular flexibility index (Phi) is 7.08. The first-order valence-corrected chi connectivity index (χ1v) is 19.1. The van der Waals surface area contributed by atoms with Crippen LogP contribution in [0.3, 0.4) is 0 Å². The molecule has 3 aliphatic carbocycles. The molecule has 53 heavy (non-hydrogen) atoms. The number of allylic oxidation sites excluding steroid dienone is 4. The maximum atomic E-state index is 2.53. The third-order valence-corrected chi connectivity index (χ3v) is 12.4. The molecule has 0 spiro atoms. The van der Waals surface area contributed by atoms with Crippen molar-refractivity contribution in [3.05, 3.63) is 192 Å². The van der Waals surface area contributed by atoms with Crippen molar-refractivity contribution in [1.29, 1.82) is 0 Å². The van der Waals surface area contributed by atoms with E-state index in [1.807, 2.05) is 0 Å². The predicted molar refractivity (Wildman–Crippen MR) is 226 cm³/mol. The normalized spacial score (nSPS) is 15.7. The summed E-state index contributed by atoms with van der Waals surface area (Å²) in [5.74, 6) is 0. The molecule has 0 heterocycles. The molecular formula is C52H43N. The van der Waals surface area contributed by atoms with Crippen LogP contribution < -0.4 is 4.90 Å². The molecule has 7 aromatic rings. The Morgan fingerprint density at radius 2 is 0.962 bits per heavy atom. The lowest BCUT2D eigenvalue weighted by Gasteiger charge is -2.31. The third kappa shape index (κ3) is 4.76. The molecule has 10 rings (SSSR count). The molecule has 0 aliphatic heterocycles. The molecule has 0 bridgehead atoms. The summed E-state index contributed by atoms with van der Waals surface area (Å²) in [7, 11) is 0. The Bertz CT molecular complexity index is 2570. The van der Waals surface area contributed by atoms with E-state index in [0.29, 0.717) is 0 Å². The fourth-order valence-electron chi connectivity index (χ4n) is 9.65. The molecule has 0 fully saturated rings. The molecule has 0 saturated carbocycles. The maximum Gasteiger partial charge on any atom is 0.0540 e. The Labute approximate surface area is 313 Å². The minimum absolute atomic E-state index is 0.110. The molecule has 3 aliphatic rings. The first-order chi connectivity index (χ1) is 25.8. The number of hydrogen-bond donors (Lipinski definition) is 0. The number of hydrogen-bond acceptors (Lipinski definition) is 1. The Balaban J connectivity index is 1.22. The molecule has 0 aromatic heterocycles. The van der Waals surface area contributed by atoms with Crippen molar-refractivity contribution >= 4 is 33.4 Å². The van der Waals surface area contributed by atoms with Crippen LogP contribution >= 0.6 is 0 Å². The monoisotopic (exact) mass is 681 g/mol. The highest BCUT2D eigenvalue weighted by Crippen LogP contribution is 2.54. The van der Waals surface area contributed by atoms with Crippen LogP contribution in [0.5, 0.6) is 0 Å². The fourth-order valence-corrected chi connectivity index (χ4v) is 9.65. The lowest BCUT2D eigenvalue weighted by molar-refractivity contribution is 0.660. The number of nitrogens with zero attached hydrogens (tertiary/aromatic N) is 1. The number of anilines is 3. The van der Waals surface area contributed by atoms with Gasteiger partial charge in [-0.2, -0.15) is 0 Å². The Morgan fingerprint density at radius 1 is 0.453 bits per heavy atom. The lowest BCUT2D eigenvalue weighted by atomic mass is 9.82. The van der Waals surface area contributed by atoms with Gasteiger partial charge in [0.1, 0.15) is 0 Å². The molecule has 1 nitrogen and oxygen atoms in total. The van der Waals surface area contributed by atoms with Crippen LogP contribution in [0.4, 0.5) is 17.1 Å². The van der Waals surface area contributed by atoms with Crippen LogP contribution in [0, 0.1) is 0 Å². The molecule has 0 amide bonds. The van der Waals surface area contributed by atoms with Gasteiger partial charge in [-0.05, 0) is 115 Å². The summed E-state index contributed by atoms with van der Waals surface area (Å²) < 4.78 is 0. The zero-order valence-electron chi connectivity index (χ0n) is 30.9. The summed E-state index contributed by atoms with van der Waals surface area (Å²) >= 11 is 0. The van der Waals surface area contributed by atoms with E-state index >= 15 is 0 Å². The maximum absolute atomic E-state index is 2.53. The minimum atomic E-state index is -0.110. The van der Waals surface area contributed by atoms with E-state index < -0.39 is 0 Å². The van der Waals surface area contributed by atoms with E-state index in [4.69, 9.17) is 0 Å². The molecule has 0 radical (unpaired) electrons. The molecule has 1 heteroatoms. The van der Waals surface area contributed by atoms with Crippen LogP contribution in [0.15, 0.2) is 164 Å². The average Bonchev–Trinajstić information content (AvgIpc) is 3.57. The van der Waals surface area contributed by atoms with E-state index in [1.54, 1.807) is 0 Å². The van der Waals surface area contributed by atoms with E-state index in [2.05, 4.69) is 196 Å². The number of fused-ring (bicyclic) bond motifs is 7. The van der Waals surface area contributed by atoms with Crippen molar-refractivity contribution in [1.82, 2.24) is 0 Å². The summed E-state index contributed by atoms with van der Waals surface area (Å²) in [5, 5.41) is 2.59. The van der Waals surface area contributed by atoms with Crippen LogP contribution in [0.25, 0.3) is 49.7 Å². The van der Waals surface area contributed by atoms with E-state index in [1.165, 1.54) is 94.6 Å². The minimum Gasteiger partial charge on any atom is -0.310 e. The van der Waals surface area contributed by atoms with Crippen LogP contribution in [0.1, 0.15) is 68.4 Å². The van der Waals surface area contributed by atoms with Gasteiger partial charge in [0, 0.05) is 27.8 Å². The summed E-state index contributed by atoms with van der Waals surface area (Å²) in [6, 6.07) is 54.9. The summed E-state index contributed by atoms with van der Waals surface area (Å²) in [4.78, 5) is 2.53. The second-order valence-corrected chi connectivity index (χ2v) is 16.0. The molecule has 7 aromatic carbocycles. The van der Waals surface area contributed by atoms with Crippen molar-refractivity contribution < 1.29 is 0 Å². The van der Waals surface area contributed by atoms with Crippen molar-refractivity contribution in [3.63, 3.8) is 0 Å². The van der Waals surface area contributed by atoms with Crippen molar-refractivity contribution in [3.8, 4) is 33.4 Å². The van der Waals surface area contributed by atoms with Crippen molar-refractivity contribution in [2.75, 3.05) is 4.90 Å². The fraction of sp³-hybridized carbons (Fsp3) is 0.154. The third-order valence-electron chi connectivity index (χ3n) is 12.4. The summed E-state index contributed by atoms with van der Waals surface area (Å²) in [6.45, 7) is 9.51. The quantitative estimate of drug-likeness (QED) is 0.175. The number of rotatable bonds is 5. The van der Waals surface area contributed by atoms with E-state index in [-0.39, 0.29) is 10.8 Å². The SMILES string of the molecule is CC1(C)c2ccccc2-c2ccc(N(c3ccc4c(c3)C(C)(C)c3ccccc3-4)c3ccccc3-c3cccc4cccc(C5=CC=CCC5)c34)cc21. The zero-order valence-corrected chi connectivity index (χ0v) is 30.9. The first-order valence-electron chi connectivity index (χ1n) is 19.1. The van der Waals surface area contributed by atoms with Crippen molar-refractivity contribution in [2.24, 2.45) is 0 Å². The van der Waals surface area contributed by atoms with Gasteiger partial charge in [-0.1, -0.05) is 161 Å². The van der Waals surface area contributed by atoms with Gasteiger partial charge in [0.25, 0.3) is 0 Å². The summed E-state index contributed by atoms with van der Waals surface area (Å²) in [5.41, 5.74) is 19.4. The van der Waals surface area contributed by atoms with Crippen LogP contribution in [0.2, 0.25) is 0 Å².